The van der Waals surface area contributed by atoms with Crippen molar-refractivity contribution in [3.63, 3.8) is 0 Å². The lowest BCUT2D eigenvalue weighted by atomic mass is 9.71. The van der Waals surface area contributed by atoms with E-state index in [0.29, 0.717) is 5.41 Å². The number of hydrogen-bond acceptors (Lipinski definition) is 2. The van der Waals surface area contributed by atoms with Crippen LogP contribution in [0.2, 0.25) is 0 Å². The largest absolute Gasteiger partial charge is 0.310 e. The predicted octanol–water partition coefficient (Wildman–Crippen LogP) is 11.4. The number of hydrogen-bond donors (Lipinski definition) is 0. The van der Waals surface area contributed by atoms with E-state index in [4.69, 9.17) is 0 Å². The minimum Gasteiger partial charge on any atom is -0.310 e. The Kier molecular flexibility index (Phi) is 5.78. The Hall–Kier alpha value is -3.88. The van der Waals surface area contributed by atoms with Gasteiger partial charge in [-0.25, -0.2) is 0 Å². The first-order chi connectivity index (χ1) is 19.8. The number of nitrogens with zero attached hydrogens (tertiary/aromatic N) is 1. The van der Waals surface area contributed by atoms with Gasteiger partial charge in [-0.05, 0) is 102 Å². The molecule has 0 radical (unpaired) electrons. The summed E-state index contributed by atoms with van der Waals surface area (Å²) in [5.41, 5.74) is 8.06. The number of rotatable bonds is 5. The highest BCUT2D eigenvalue weighted by atomic mass is 32.1. The maximum Gasteiger partial charge on any atom is 0.0468 e. The molecule has 0 N–H and O–H groups in total. The van der Waals surface area contributed by atoms with Gasteiger partial charge in [-0.1, -0.05) is 85.6 Å². The van der Waals surface area contributed by atoms with E-state index in [2.05, 4.69) is 126 Å². The van der Waals surface area contributed by atoms with Crippen molar-refractivity contribution in [1.29, 1.82) is 0 Å². The molecule has 2 aliphatic carbocycles. The fourth-order valence-electron chi connectivity index (χ4n) is 7.54. The second-order valence-corrected chi connectivity index (χ2v) is 12.9. The smallest absolute Gasteiger partial charge is 0.0468 e. The second kappa shape index (κ2) is 9.64. The minimum absolute atomic E-state index is 0.415. The highest BCUT2D eigenvalue weighted by molar-refractivity contribution is 7.25. The van der Waals surface area contributed by atoms with Crippen LogP contribution in [-0.2, 0) is 5.41 Å². The third-order valence-corrected chi connectivity index (χ3v) is 10.7. The highest BCUT2D eigenvalue weighted by Crippen LogP contribution is 2.53. The summed E-state index contributed by atoms with van der Waals surface area (Å²) in [4.78, 5) is 2.43. The first-order valence-electron chi connectivity index (χ1n) is 14.7. The summed E-state index contributed by atoms with van der Waals surface area (Å²) in [5, 5.41) is 2.67. The molecular weight excluding hydrogens is 502 g/mol. The molecule has 2 unspecified atom stereocenters. The summed E-state index contributed by atoms with van der Waals surface area (Å²) >= 11 is 1.88. The Morgan fingerprint density at radius 2 is 1.25 bits per heavy atom. The summed E-state index contributed by atoms with van der Waals surface area (Å²) in [5.74, 6) is 0.945. The Morgan fingerprint density at radius 3 is 2.08 bits per heavy atom. The van der Waals surface area contributed by atoms with Crippen LogP contribution in [0.5, 0.6) is 0 Å². The summed E-state index contributed by atoms with van der Waals surface area (Å²) < 4.78 is 2.69. The average Bonchev–Trinajstić information content (AvgIpc) is 3.54. The van der Waals surface area contributed by atoms with Crippen LogP contribution in [0.4, 0.5) is 17.1 Å². The molecule has 2 fully saturated rings. The lowest BCUT2D eigenvalue weighted by Crippen LogP contribution is -2.25. The third kappa shape index (κ3) is 4.05. The molecule has 6 aromatic rings. The second-order valence-electron chi connectivity index (χ2n) is 11.9. The van der Waals surface area contributed by atoms with Gasteiger partial charge in [0.15, 0.2) is 0 Å². The van der Waals surface area contributed by atoms with Crippen molar-refractivity contribution in [2.24, 2.45) is 5.92 Å². The van der Waals surface area contributed by atoms with E-state index < -0.39 is 0 Å². The van der Waals surface area contributed by atoms with Crippen molar-refractivity contribution >= 4 is 48.6 Å². The van der Waals surface area contributed by atoms with Crippen LogP contribution in [-0.4, -0.2) is 0 Å². The summed E-state index contributed by atoms with van der Waals surface area (Å²) in [7, 11) is 0. The SMILES string of the molecule is c1ccc(-c2ccc(N(c3ccc(C45CCCC(CC4)C5)cc3)c3ccc4sc5ccccc5c4c3)cc2)cc1. The zero-order valence-electron chi connectivity index (χ0n) is 22.7. The van der Waals surface area contributed by atoms with Gasteiger partial charge >= 0.3 is 0 Å². The van der Waals surface area contributed by atoms with Gasteiger partial charge in [0.1, 0.15) is 0 Å². The molecule has 2 aliphatic rings. The summed E-state index contributed by atoms with van der Waals surface area (Å²) in [6.45, 7) is 0. The summed E-state index contributed by atoms with van der Waals surface area (Å²) in [6.07, 6.45) is 8.35. The molecule has 5 aromatic carbocycles. The quantitative estimate of drug-likeness (QED) is 0.212. The molecule has 2 bridgehead atoms. The van der Waals surface area contributed by atoms with Crippen LogP contribution < -0.4 is 4.90 Å². The van der Waals surface area contributed by atoms with Crippen LogP contribution in [0.1, 0.15) is 44.1 Å². The molecule has 2 atom stereocenters. The molecule has 1 heterocycles. The fraction of sp³-hybridized carbons (Fsp3) is 0.211. The first kappa shape index (κ1) is 24.0. The van der Waals surface area contributed by atoms with Gasteiger partial charge in [0, 0.05) is 37.2 Å². The van der Waals surface area contributed by atoms with Gasteiger partial charge in [-0.3, -0.25) is 0 Å². The Morgan fingerprint density at radius 1 is 0.575 bits per heavy atom. The van der Waals surface area contributed by atoms with Crippen LogP contribution in [0.3, 0.4) is 0 Å². The molecule has 2 saturated carbocycles. The maximum absolute atomic E-state index is 2.44. The Balaban J connectivity index is 1.23. The van der Waals surface area contributed by atoms with Gasteiger partial charge in [0.2, 0.25) is 0 Å². The van der Waals surface area contributed by atoms with Crippen molar-refractivity contribution < 1.29 is 0 Å². The number of benzene rings is 5. The first-order valence-corrected chi connectivity index (χ1v) is 15.5. The lowest BCUT2D eigenvalue weighted by Gasteiger charge is -2.34. The van der Waals surface area contributed by atoms with E-state index in [1.54, 1.807) is 5.56 Å². The Bertz CT molecular complexity index is 1790. The zero-order valence-corrected chi connectivity index (χ0v) is 23.5. The van der Waals surface area contributed by atoms with Gasteiger partial charge < -0.3 is 4.90 Å². The molecule has 8 rings (SSSR count). The molecule has 196 valence electrons. The van der Waals surface area contributed by atoms with Crippen molar-refractivity contribution in [3.8, 4) is 11.1 Å². The topological polar surface area (TPSA) is 3.24 Å². The van der Waals surface area contributed by atoms with E-state index in [-0.39, 0.29) is 0 Å². The third-order valence-electron chi connectivity index (χ3n) is 9.57. The molecule has 0 aliphatic heterocycles. The van der Waals surface area contributed by atoms with Gasteiger partial charge in [0.05, 0.1) is 0 Å². The van der Waals surface area contributed by atoms with Crippen molar-refractivity contribution in [2.45, 2.75) is 43.9 Å². The lowest BCUT2D eigenvalue weighted by molar-refractivity contribution is 0.306. The van der Waals surface area contributed by atoms with E-state index in [9.17, 15) is 0 Å². The monoisotopic (exact) mass is 535 g/mol. The number of anilines is 3. The average molecular weight is 536 g/mol. The standard InChI is InChI=1S/C38H33NS/c1-2-8-28(9-3-1)29-12-16-31(17-13-29)39(33-20-21-37-35(25-33)34-10-4-5-11-36(34)40-37)32-18-14-30(15-19-32)38-23-6-7-27(26-38)22-24-38/h1-5,8-21,25,27H,6-7,22-24,26H2. The van der Waals surface area contributed by atoms with Crippen LogP contribution in [0, 0.1) is 5.92 Å². The van der Waals surface area contributed by atoms with Crippen LogP contribution in [0.15, 0.2) is 121 Å². The Labute approximate surface area is 240 Å². The van der Waals surface area contributed by atoms with E-state index >= 15 is 0 Å². The van der Waals surface area contributed by atoms with Gasteiger partial charge in [-0.2, -0.15) is 0 Å². The number of fused-ring (bicyclic) bond motifs is 5. The molecule has 1 aromatic heterocycles. The van der Waals surface area contributed by atoms with Crippen molar-refractivity contribution in [3.05, 3.63) is 127 Å². The van der Waals surface area contributed by atoms with Gasteiger partial charge in [-0.15, -0.1) is 11.3 Å². The molecular formula is C38H33NS. The van der Waals surface area contributed by atoms with Gasteiger partial charge in [0.25, 0.3) is 0 Å². The minimum atomic E-state index is 0.415. The number of thiophene rings is 1. The van der Waals surface area contributed by atoms with E-state index in [0.717, 1.165) is 5.92 Å². The zero-order chi connectivity index (χ0) is 26.5. The van der Waals surface area contributed by atoms with Crippen LogP contribution in [0.25, 0.3) is 31.3 Å². The van der Waals surface area contributed by atoms with Crippen molar-refractivity contribution in [2.75, 3.05) is 4.90 Å². The molecule has 2 heteroatoms. The molecule has 0 amide bonds. The highest BCUT2D eigenvalue weighted by Gasteiger charge is 2.42. The molecule has 0 spiro atoms. The van der Waals surface area contributed by atoms with E-state index in [1.807, 2.05) is 11.3 Å². The molecule has 0 saturated heterocycles. The van der Waals surface area contributed by atoms with Crippen molar-refractivity contribution in [1.82, 2.24) is 0 Å². The predicted molar refractivity (Wildman–Crippen MR) is 172 cm³/mol. The molecule has 1 nitrogen and oxygen atoms in total. The summed E-state index contributed by atoms with van der Waals surface area (Å²) in [6, 6.07) is 45.1. The molecule has 40 heavy (non-hydrogen) atoms. The van der Waals surface area contributed by atoms with Crippen LogP contribution >= 0.6 is 11.3 Å². The fourth-order valence-corrected chi connectivity index (χ4v) is 8.63. The van der Waals surface area contributed by atoms with E-state index in [1.165, 1.54) is 86.9 Å². The maximum atomic E-state index is 2.44. The normalized spacial score (nSPS) is 20.2.